The predicted octanol–water partition coefficient (Wildman–Crippen LogP) is 3.59. The van der Waals surface area contributed by atoms with Gasteiger partial charge in [-0.1, -0.05) is 13.8 Å². The highest BCUT2D eigenvalue weighted by atomic mass is 14.9. The molecule has 0 atom stereocenters. The van der Waals surface area contributed by atoms with E-state index >= 15 is 0 Å². The summed E-state index contributed by atoms with van der Waals surface area (Å²) in [4.78, 5) is 0. The first-order valence-electron chi connectivity index (χ1n) is 6.04. The van der Waals surface area contributed by atoms with E-state index in [-0.39, 0.29) is 5.54 Å². The van der Waals surface area contributed by atoms with Gasteiger partial charge in [0.25, 0.3) is 0 Å². The highest BCUT2D eigenvalue weighted by molar-refractivity contribution is 4.81. The second-order valence-corrected chi connectivity index (χ2v) is 6.74. The molecule has 14 heavy (non-hydrogen) atoms. The highest BCUT2D eigenvalue weighted by Gasteiger charge is 2.27. The van der Waals surface area contributed by atoms with E-state index in [1.54, 1.807) is 0 Å². The van der Waals surface area contributed by atoms with Crippen LogP contribution in [0.5, 0.6) is 0 Å². The van der Waals surface area contributed by atoms with Gasteiger partial charge >= 0.3 is 0 Å². The zero-order valence-corrected chi connectivity index (χ0v) is 10.6. The molecule has 0 aliphatic heterocycles. The molecule has 1 heteroatoms. The molecule has 1 nitrogen and oxygen atoms in total. The van der Waals surface area contributed by atoms with Gasteiger partial charge in [0.05, 0.1) is 0 Å². The molecule has 1 aliphatic rings. The Morgan fingerprint density at radius 2 is 1.64 bits per heavy atom. The lowest BCUT2D eigenvalue weighted by molar-refractivity contribution is 0.182. The van der Waals surface area contributed by atoms with Crippen LogP contribution in [0.25, 0.3) is 0 Å². The van der Waals surface area contributed by atoms with E-state index in [2.05, 4.69) is 39.9 Å². The number of hydrogen-bond donors (Lipinski definition) is 1. The smallest absolute Gasteiger partial charge is 0.00966 e. The lowest BCUT2D eigenvalue weighted by atomic mass is 9.73. The minimum Gasteiger partial charge on any atom is -0.312 e. The van der Waals surface area contributed by atoms with Crippen molar-refractivity contribution in [3.63, 3.8) is 0 Å². The summed E-state index contributed by atoms with van der Waals surface area (Å²) >= 11 is 0. The molecule has 84 valence electrons. The molecule has 1 fully saturated rings. The Morgan fingerprint density at radius 1 is 1.14 bits per heavy atom. The lowest BCUT2D eigenvalue weighted by Gasteiger charge is -2.35. The zero-order valence-electron chi connectivity index (χ0n) is 10.6. The molecule has 0 heterocycles. The summed E-state index contributed by atoms with van der Waals surface area (Å²) in [5.41, 5.74) is 0.894. The van der Waals surface area contributed by atoms with Gasteiger partial charge in [-0.25, -0.2) is 0 Å². The summed E-state index contributed by atoms with van der Waals surface area (Å²) in [5.74, 6) is 0.919. The fourth-order valence-corrected chi connectivity index (χ4v) is 2.11. The average Bonchev–Trinajstić information content (AvgIpc) is 2.01. The summed E-state index contributed by atoms with van der Waals surface area (Å²) in [6, 6.07) is 0. The van der Waals surface area contributed by atoms with Gasteiger partial charge in [-0.3, -0.25) is 0 Å². The molecular formula is C13H27N. The molecule has 0 unspecified atom stereocenters. The summed E-state index contributed by atoms with van der Waals surface area (Å²) < 4.78 is 0. The van der Waals surface area contributed by atoms with Crippen LogP contribution in [-0.4, -0.2) is 12.1 Å². The van der Waals surface area contributed by atoms with Crippen LogP contribution in [0.1, 0.15) is 60.3 Å². The Kier molecular flexibility index (Phi) is 3.63. The van der Waals surface area contributed by atoms with Crippen molar-refractivity contribution >= 4 is 0 Å². The maximum atomic E-state index is 3.62. The molecule has 0 saturated heterocycles. The maximum absolute atomic E-state index is 3.62. The van der Waals surface area contributed by atoms with Crippen molar-refractivity contribution in [2.75, 3.05) is 6.54 Å². The summed E-state index contributed by atoms with van der Waals surface area (Å²) in [6.07, 6.45) is 5.64. The number of nitrogens with one attached hydrogen (secondary N) is 1. The Morgan fingerprint density at radius 3 is 2.07 bits per heavy atom. The SMILES string of the molecule is CC1(C)CCC(CNC(C)(C)C)CC1. The maximum Gasteiger partial charge on any atom is 0.00966 e. The molecule has 0 bridgehead atoms. The van der Waals surface area contributed by atoms with Crippen molar-refractivity contribution in [2.45, 2.75) is 65.8 Å². The van der Waals surface area contributed by atoms with Crippen LogP contribution in [0.3, 0.4) is 0 Å². The molecule has 0 aromatic rings. The van der Waals surface area contributed by atoms with Crippen molar-refractivity contribution < 1.29 is 0 Å². The van der Waals surface area contributed by atoms with E-state index < -0.39 is 0 Å². The molecule has 1 aliphatic carbocycles. The van der Waals surface area contributed by atoms with Crippen LogP contribution in [0.15, 0.2) is 0 Å². The Labute approximate surface area is 89.7 Å². The summed E-state index contributed by atoms with van der Waals surface area (Å²) in [5, 5.41) is 3.62. The molecule has 0 spiro atoms. The van der Waals surface area contributed by atoms with Crippen LogP contribution in [-0.2, 0) is 0 Å². The summed E-state index contributed by atoms with van der Waals surface area (Å²) in [7, 11) is 0. The van der Waals surface area contributed by atoms with E-state index in [0.717, 1.165) is 5.92 Å². The fraction of sp³-hybridized carbons (Fsp3) is 1.00. The lowest BCUT2D eigenvalue weighted by Crippen LogP contribution is -2.40. The third-order valence-corrected chi connectivity index (χ3v) is 3.38. The molecule has 1 N–H and O–H groups in total. The first-order valence-corrected chi connectivity index (χ1v) is 6.04. The molecule has 1 rings (SSSR count). The van der Waals surface area contributed by atoms with Crippen LogP contribution in [0.2, 0.25) is 0 Å². The topological polar surface area (TPSA) is 12.0 Å². The van der Waals surface area contributed by atoms with Gasteiger partial charge in [-0.2, -0.15) is 0 Å². The minimum atomic E-state index is 0.285. The van der Waals surface area contributed by atoms with Crippen LogP contribution in [0.4, 0.5) is 0 Å². The van der Waals surface area contributed by atoms with Gasteiger partial charge in [-0.05, 0) is 64.3 Å². The standard InChI is InChI=1S/C13H27N/c1-12(2,3)14-10-11-6-8-13(4,5)9-7-11/h11,14H,6-10H2,1-5H3. The third-order valence-electron chi connectivity index (χ3n) is 3.38. The van der Waals surface area contributed by atoms with Gasteiger partial charge in [-0.15, -0.1) is 0 Å². The van der Waals surface area contributed by atoms with Gasteiger partial charge in [0.15, 0.2) is 0 Å². The monoisotopic (exact) mass is 197 g/mol. The summed E-state index contributed by atoms with van der Waals surface area (Å²) in [6.45, 7) is 12.8. The van der Waals surface area contributed by atoms with E-state index in [0.29, 0.717) is 5.41 Å². The molecule has 0 amide bonds. The van der Waals surface area contributed by atoms with Crippen molar-refractivity contribution in [1.29, 1.82) is 0 Å². The highest BCUT2D eigenvalue weighted by Crippen LogP contribution is 2.37. The fourth-order valence-electron chi connectivity index (χ4n) is 2.11. The van der Waals surface area contributed by atoms with E-state index in [1.165, 1.54) is 32.2 Å². The van der Waals surface area contributed by atoms with Crippen molar-refractivity contribution in [3.8, 4) is 0 Å². The van der Waals surface area contributed by atoms with Crippen molar-refractivity contribution in [2.24, 2.45) is 11.3 Å². The molecular weight excluding hydrogens is 170 g/mol. The van der Waals surface area contributed by atoms with E-state index in [1.807, 2.05) is 0 Å². The second-order valence-electron chi connectivity index (χ2n) is 6.74. The molecule has 0 aromatic heterocycles. The zero-order chi connectivity index (χ0) is 10.8. The number of rotatable bonds is 2. The van der Waals surface area contributed by atoms with Crippen LogP contribution >= 0.6 is 0 Å². The molecule has 0 radical (unpaired) electrons. The molecule has 1 saturated carbocycles. The van der Waals surface area contributed by atoms with E-state index in [9.17, 15) is 0 Å². The van der Waals surface area contributed by atoms with Crippen LogP contribution < -0.4 is 5.32 Å². The molecule has 0 aromatic carbocycles. The normalized spacial score (nSPS) is 23.8. The van der Waals surface area contributed by atoms with Crippen molar-refractivity contribution in [1.82, 2.24) is 5.32 Å². The Bertz CT molecular complexity index is 166. The van der Waals surface area contributed by atoms with Gasteiger partial charge in [0.1, 0.15) is 0 Å². The Hall–Kier alpha value is -0.0400. The quantitative estimate of drug-likeness (QED) is 0.713. The first kappa shape index (κ1) is 12.0. The van der Waals surface area contributed by atoms with Gasteiger partial charge in [0.2, 0.25) is 0 Å². The Balaban J connectivity index is 2.23. The average molecular weight is 197 g/mol. The van der Waals surface area contributed by atoms with Crippen LogP contribution in [0, 0.1) is 11.3 Å². The van der Waals surface area contributed by atoms with E-state index in [4.69, 9.17) is 0 Å². The predicted molar refractivity (Wildman–Crippen MR) is 63.5 cm³/mol. The first-order chi connectivity index (χ1) is 6.29. The largest absolute Gasteiger partial charge is 0.312 e. The van der Waals surface area contributed by atoms with Gasteiger partial charge < -0.3 is 5.32 Å². The number of hydrogen-bond acceptors (Lipinski definition) is 1. The third kappa shape index (κ3) is 4.45. The minimum absolute atomic E-state index is 0.285. The van der Waals surface area contributed by atoms with Gasteiger partial charge in [0, 0.05) is 5.54 Å². The second kappa shape index (κ2) is 4.22. The van der Waals surface area contributed by atoms with Crippen molar-refractivity contribution in [3.05, 3.63) is 0 Å².